The van der Waals surface area contributed by atoms with E-state index in [-0.39, 0.29) is 18.2 Å². The zero-order valence-corrected chi connectivity index (χ0v) is 13.5. The maximum atomic E-state index is 13.2. The van der Waals surface area contributed by atoms with Crippen molar-refractivity contribution in [1.82, 2.24) is 4.90 Å². The molecule has 2 unspecified atom stereocenters. The molecule has 22 heavy (non-hydrogen) atoms. The Bertz CT molecular complexity index is 655. The minimum Gasteiger partial charge on any atom is -0.303 e. The van der Waals surface area contributed by atoms with Crippen molar-refractivity contribution in [2.45, 2.75) is 30.7 Å². The van der Waals surface area contributed by atoms with Gasteiger partial charge >= 0.3 is 0 Å². The quantitative estimate of drug-likeness (QED) is 0.744. The van der Waals surface area contributed by atoms with E-state index in [1.54, 1.807) is 12.1 Å². The van der Waals surface area contributed by atoms with Crippen molar-refractivity contribution in [2.75, 3.05) is 13.6 Å². The van der Waals surface area contributed by atoms with Gasteiger partial charge in [-0.05, 0) is 55.3 Å². The van der Waals surface area contributed by atoms with E-state index >= 15 is 0 Å². The molecule has 0 amide bonds. The molecule has 1 nitrogen and oxygen atoms in total. The van der Waals surface area contributed by atoms with E-state index in [2.05, 4.69) is 36.2 Å². The summed E-state index contributed by atoms with van der Waals surface area (Å²) in [6.45, 7) is 1.18. The Morgan fingerprint density at radius 3 is 2.41 bits per heavy atom. The SMILES string of the molecule is CN1CCC2c3ccccc3C(c3ccc(F)cc3)C[C@@H]21.Cl. The highest BCUT2D eigenvalue weighted by Crippen LogP contribution is 2.47. The molecule has 1 fully saturated rings. The molecule has 1 saturated heterocycles. The molecule has 1 aliphatic carbocycles. The molecular formula is C19H21ClFN. The fourth-order valence-electron chi connectivity index (χ4n) is 4.26. The minimum absolute atomic E-state index is 0. The number of likely N-dealkylation sites (tertiary alicyclic amines) is 1. The first-order valence-corrected chi connectivity index (χ1v) is 7.78. The number of nitrogens with zero attached hydrogens (tertiary/aromatic N) is 1. The highest BCUT2D eigenvalue weighted by atomic mass is 35.5. The van der Waals surface area contributed by atoms with Crippen molar-refractivity contribution in [3.8, 4) is 0 Å². The van der Waals surface area contributed by atoms with Crippen LogP contribution in [-0.2, 0) is 0 Å². The lowest BCUT2D eigenvalue weighted by molar-refractivity contribution is 0.265. The molecule has 116 valence electrons. The second kappa shape index (κ2) is 6.02. The fourth-order valence-corrected chi connectivity index (χ4v) is 4.26. The van der Waals surface area contributed by atoms with Crippen LogP contribution in [0.4, 0.5) is 4.39 Å². The van der Waals surface area contributed by atoms with Crippen LogP contribution in [0.15, 0.2) is 48.5 Å². The maximum Gasteiger partial charge on any atom is 0.123 e. The lowest BCUT2D eigenvalue weighted by Crippen LogP contribution is -2.34. The topological polar surface area (TPSA) is 3.24 Å². The zero-order valence-electron chi connectivity index (χ0n) is 12.7. The predicted molar refractivity (Wildman–Crippen MR) is 90.3 cm³/mol. The van der Waals surface area contributed by atoms with Crippen LogP contribution in [0, 0.1) is 5.82 Å². The van der Waals surface area contributed by atoms with E-state index in [1.807, 2.05) is 12.1 Å². The van der Waals surface area contributed by atoms with Gasteiger partial charge < -0.3 is 4.90 Å². The smallest absolute Gasteiger partial charge is 0.123 e. The van der Waals surface area contributed by atoms with E-state index in [1.165, 1.54) is 29.7 Å². The average molecular weight is 318 g/mol. The van der Waals surface area contributed by atoms with Crippen LogP contribution >= 0.6 is 12.4 Å². The van der Waals surface area contributed by atoms with E-state index in [4.69, 9.17) is 0 Å². The summed E-state index contributed by atoms with van der Waals surface area (Å²) >= 11 is 0. The summed E-state index contributed by atoms with van der Waals surface area (Å²) in [5.41, 5.74) is 4.19. The lowest BCUT2D eigenvalue weighted by atomic mass is 9.71. The summed E-state index contributed by atoms with van der Waals surface area (Å²) in [6, 6.07) is 16.5. The van der Waals surface area contributed by atoms with Crippen LogP contribution in [-0.4, -0.2) is 24.5 Å². The van der Waals surface area contributed by atoms with Crippen molar-refractivity contribution >= 4 is 12.4 Å². The molecule has 1 heterocycles. The Balaban J connectivity index is 0.00000144. The first-order valence-electron chi connectivity index (χ1n) is 7.78. The normalized spacial score (nSPS) is 26.9. The van der Waals surface area contributed by atoms with Gasteiger partial charge in [-0.25, -0.2) is 4.39 Å². The summed E-state index contributed by atoms with van der Waals surface area (Å²) in [6.07, 6.45) is 2.40. The molecule has 1 aliphatic heterocycles. The van der Waals surface area contributed by atoms with Gasteiger partial charge in [0.1, 0.15) is 5.82 Å². The maximum absolute atomic E-state index is 13.2. The molecule has 2 aromatic rings. The van der Waals surface area contributed by atoms with Crippen LogP contribution in [0.5, 0.6) is 0 Å². The van der Waals surface area contributed by atoms with Gasteiger partial charge in [0.05, 0.1) is 0 Å². The van der Waals surface area contributed by atoms with E-state index in [0.29, 0.717) is 17.9 Å². The van der Waals surface area contributed by atoms with Gasteiger partial charge in [0.2, 0.25) is 0 Å². The Morgan fingerprint density at radius 2 is 1.68 bits per heavy atom. The van der Waals surface area contributed by atoms with Crippen molar-refractivity contribution in [1.29, 1.82) is 0 Å². The van der Waals surface area contributed by atoms with Crippen molar-refractivity contribution in [3.05, 3.63) is 71.0 Å². The number of halogens is 2. The molecule has 0 aromatic heterocycles. The third-order valence-electron chi connectivity index (χ3n) is 5.34. The summed E-state index contributed by atoms with van der Waals surface area (Å²) < 4.78 is 13.2. The summed E-state index contributed by atoms with van der Waals surface area (Å²) in [4.78, 5) is 2.50. The highest BCUT2D eigenvalue weighted by Gasteiger charge is 2.40. The number of hydrogen-bond acceptors (Lipinski definition) is 1. The van der Waals surface area contributed by atoms with Crippen LogP contribution in [0.1, 0.15) is 41.4 Å². The van der Waals surface area contributed by atoms with Gasteiger partial charge in [-0.3, -0.25) is 0 Å². The Hall–Kier alpha value is -1.38. The van der Waals surface area contributed by atoms with Crippen LogP contribution in [0.3, 0.4) is 0 Å². The van der Waals surface area contributed by atoms with Crippen molar-refractivity contribution in [3.63, 3.8) is 0 Å². The second-order valence-corrected chi connectivity index (χ2v) is 6.41. The van der Waals surface area contributed by atoms with Gasteiger partial charge in [0.25, 0.3) is 0 Å². The third kappa shape index (κ3) is 2.45. The predicted octanol–water partition coefficient (Wildman–Crippen LogP) is 4.57. The Kier molecular flexibility index (Phi) is 4.24. The van der Waals surface area contributed by atoms with Gasteiger partial charge in [-0.2, -0.15) is 0 Å². The van der Waals surface area contributed by atoms with Gasteiger partial charge in [0, 0.05) is 17.9 Å². The summed E-state index contributed by atoms with van der Waals surface area (Å²) in [7, 11) is 2.24. The van der Waals surface area contributed by atoms with Gasteiger partial charge in [-0.15, -0.1) is 12.4 Å². The molecule has 0 spiro atoms. The molecule has 0 saturated carbocycles. The van der Waals surface area contributed by atoms with Crippen LogP contribution in [0.25, 0.3) is 0 Å². The standard InChI is InChI=1S/C19H20FN.ClH/c1-21-11-10-17-15-4-2-3-5-16(15)18(12-19(17)21)13-6-8-14(20)9-7-13;/h2-9,17-19H,10-12H2,1H3;1H/t17?,18?,19-;/m0./s1. The molecule has 2 aliphatic rings. The summed E-state index contributed by atoms with van der Waals surface area (Å²) in [5, 5.41) is 0. The monoisotopic (exact) mass is 317 g/mol. The van der Waals surface area contributed by atoms with E-state index in [0.717, 1.165) is 6.42 Å². The zero-order chi connectivity index (χ0) is 14.4. The van der Waals surface area contributed by atoms with Crippen molar-refractivity contribution in [2.24, 2.45) is 0 Å². The molecule has 0 radical (unpaired) electrons. The number of hydrogen-bond donors (Lipinski definition) is 0. The lowest BCUT2D eigenvalue weighted by Gasteiger charge is -2.37. The molecule has 0 bridgehead atoms. The highest BCUT2D eigenvalue weighted by molar-refractivity contribution is 5.85. The molecule has 3 heteroatoms. The molecular weight excluding hydrogens is 297 g/mol. The first kappa shape index (κ1) is 15.5. The fraction of sp³-hybridized carbons (Fsp3) is 0.368. The number of rotatable bonds is 1. The first-order chi connectivity index (χ1) is 10.2. The molecule has 2 aromatic carbocycles. The Morgan fingerprint density at radius 1 is 1.00 bits per heavy atom. The molecule has 0 N–H and O–H groups in total. The largest absolute Gasteiger partial charge is 0.303 e. The van der Waals surface area contributed by atoms with Crippen molar-refractivity contribution < 1.29 is 4.39 Å². The number of benzene rings is 2. The summed E-state index contributed by atoms with van der Waals surface area (Å²) in [5.74, 6) is 0.908. The third-order valence-corrected chi connectivity index (χ3v) is 5.34. The molecule has 4 rings (SSSR count). The van der Waals surface area contributed by atoms with Crippen LogP contribution in [0.2, 0.25) is 0 Å². The van der Waals surface area contributed by atoms with Gasteiger partial charge in [0.15, 0.2) is 0 Å². The second-order valence-electron chi connectivity index (χ2n) is 6.41. The van der Waals surface area contributed by atoms with E-state index < -0.39 is 0 Å². The number of likely N-dealkylation sites (N-methyl/N-ethyl adjacent to an activating group) is 1. The Labute approximate surface area is 137 Å². The minimum atomic E-state index is -0.154. The average Bonchev–Trinajstić information content (AvgIpc) is 2.89. The van der Waals surface area contributed by atoms with Gasteiger partial charge in [-0.1, -0.05) is 36.4 Å². The van der Waals surface area contributed by atoms with E-state index in [9.17, 15) is 4.39 Å². The molecule has 3 atom stereocenters. The van der Waals surface area contributed by atoms with Crippen LogP contribution < -0.4 is 0 Å². The number of fused-ring (bicyclic) bond motifs is 3.